The molecule has 0 atom stereocenters. The minimum Gasteiger partial charge on any atom is -0.494 e. The van der Waals surface area contributed by atoms with E-state index in [1.807, 2.05) is 6.92 Å². The molecule has 1 aliphatic rings. The molecular weight excluding hydrogens is 296 g/mol. The van der Waals surface area contributed by atoms with Gasteiger partial charge in [0.25, 0.3) is 0 Å². The fourth-order valence-corrected chi connectivity index (χ4v) is 3.32. The number of nitrogens with zero attached hydrogens (tertiary/aromatic N) is 1. The van der Waals surface area contributed by atoms with E-state index in [0.29, 0.717) is 6.04 Å². The molecule has 3 rings (SSSR count). The van der Waals surface area contributed by atoms with Crippen molar-refractivity contribution in [1.29, 1.82) is 0 Å². The molecule has 0 aliphatic carbocycles. The quantitative estimate of drug-likeness (QED) is 0.848. The Labute approximate surface area is 145 Å². The van der Waals surface area contributed by atoms with Crippen LogP contribution < -0.4 is 10.1 Å². The smallest absolute Gasteiger partial charge is 0.119 e. The first-order chi connectivity index (χ1) is 11.7. The largest absolute Gasteiger partial charge is 0.494 e. The van der Waals surface area contributed by atoms with Crippen LogP contribution in [0.4, 0.5) is 5.69 Å². The Hall–Kier alpha value is -2.00. The summed E-state index contributed by atoms with van der Waals surface area (Å²) in [5.74, 6) is 0.960. The molecule has 3 nitrogen and oxygen atoms in total. The first-order valence-corrected chi connectivity index (χ1v) is 9.00. The summed E-state index contributed by atoms with van der Waals surface area (Å²) in [6.07, 6.45) is 2.40. The van der Waals surface area contributed by atoms with Gasteiger partial charge in [0, 0.05) is 31.4 Å². The fourth-order valence-electron chi connectivity index (χ4n) is 3.32. The third-order valence-electron chi connectivity index (χ3n) is 4.62. The van der Waals surface area contributed by atoms with Gasteiger partial charge in [0.2, 0.25) is 0 Å². The molecule has 1 N–H and O–H groups in total. The summed E-state index contributed by atoms with van der Waals surface area (Å²) in [7, 11) is 0. The van der Waals surface area contributed by atoms with E-state index in [-0.39, 0.29) is 0 Å². The highest BCUT2D eigenvalue weighted by atomic mass is 16.5. The number of aryl methyl sites for hydroxylation is 1. The topological polar surface area (TPSA) is 24.5 Å². The molecule has 2 aromatic rings. The highest BCUT2D eigenvalue weighted by Gasteiger charge is 2.19. The van der Waals surface area contributed by atoms with Gasteiger partial charge >= 0.3 is 0 Å². The van der Waals surface area contributed by atoms with E-state index in [2.05, 4.69) is 65.7 Å². The molecule has 1 aliphatic heterocycles. The van der Waals surface area contributed by atoms with Crippen LogP contribution in [0.3, 0.4) is 0 Å². The van der Waals surface area contributed by atoms with E-state index in [4.69, 9.17) is 4.74 Å². The molecule has 0 aromatic heterocycles. The molecule has 1 heterocycles. The molecule has 24 heavy (non-hydrogen) atoms. The number of anilines is 1. The highest BCUT2D eigenvalue weighted by molar-refractivity contribution is 5.46. The number of likely N-dealkylation sites (tertiary alicyclic amines) is 1. The van der Waals surface area contributed by atoms with Gasteiger partial charge in [-0.15, -0.1) is 0 Å². The predicted molar refractivity (Wildman–Crippen MR) is 101 cm³/mol. The molecule has 1 fully saturated rings. The molecule has 0 unspecified atom stereocenters. The van der Waals surface area contributed by atoms with Gasteiger partial charge in [0.1, 0.15) is 5.75 Å². The van der Waals surface area contributed by atoms with Crippen LogP contribution in [-0.4, -0.2) is 30.6 Å². The maximum Gasteiger partial charge on any atom is 0.119 e. The zero-order valence-corrected chi connectivity index (χ0v) is 14.8. The van der Waals surface area contributed by atoms with Crippen LogP contribution in [0, 0.1) is 6.92 Å². The van der Waals surface area contributed by atoms with E-state index >= 15 is 0 Å². The van der Waals surface area contributed by atoms with Gasteiger partial charge in [-0.25, -0.2) is 0 Å². The van der Waals surface area contributed by atoms with Crippen LogP contribution in [0.5, 0.6) is 5.75 Å². The predicted octanol–water partition coefficient (Wildman–Crippen LogP) is 4.47. The Bertz CT molecular complexity index is 631. The van der Waals surface area contributed by atoms with Gasteiger partial charge in [-0.05, 0) is 62.1 Å². The lowest BCUT2D eigenvalue weighted by atomic mass is 10.0. The Morgan fingerprint density at radius 3 is 2.50 bits per heavy atom. The molecule has 128 valence electrons. The third-order valence-corrected chi connectivity index (χ3v) is 4.62. The second-order valence-electron chi connectivity index (χ2n) is 6.64. The summed E-state index contributed by atoms with van der Waals surface area (Å²) in [6, 6.07) is 17.8. The van der Waals surface area contributed by atoms with Gasteiger partial charge in [0.15, 0.2) is 0 Å². The Kier molecular flexibility index (Phi) is 5.76. The lowest BCUT2D eigenvalue weighted by Crippen LogP contribution is -2.38. The Morgan fingerprint density at radius 2 is 1.83 bits per heavy atom. The van der Waals surface area contributed by atoms with Crippen molar-refractivity contribution in [2.24, 2.45) is 0 Å². The Balaban J connectivity index is 1.46. The minimum atomic E-state index is 0.586. The first kappa shape index (κ1) is 16.8. The first-order valence-electron chi connectivity index (χ1n) is 9.00. The van der Waals surface area contributed by atoms with Gasteiger partial charge in [-0.3, -0.25) is 4.90 Å². The van der Waals surface area contributed by atoms with Crippen LogP contribution in [0.15, 0.2) is 48.5 Å². The minimum absolute atomic E-state index is 0.586. The van der Waals surface area contributed by atoms with E-state index in [1.165, 1.54) is 29.7 Å². The van der Waals surface area contributed by atoms with Crippen molar-refractivity contribution < 1.29 is 4.74 Å². The molecule has 1 saturated heterocycles. The molecule has 0 radical (unpaired) electrons. The van der Waals surface area contributed by atoms with Gasteiger partial charge < -0.3 is 10.1 Å². The van der Waals surface area contributed by atoms with Crippen LogP contribution in [0.25, 0.3) is 0 Å². The summed E-state index contributed by atoms with van der Waals surface area (Å²) in [5, 5.41) is 3.68. The van der Waals surface area contributed by atoms with Crippen LogP contribution in [0.1, 0.15) is 30.9 Å². The summed E-state index contributed by atoms with van der Waals surface area (Å²) in [6.45, 7) is 8.21. The lowest BCUT2D eigenvalue weighted by Gasteiger charge is -2.33. The summed E-state index contributed by atoms with van der Waals surface area (Å²) < 4.78 is 5.51. The van der Waals surface area contributed by atoms with Crippen molar-refractivity contribution in [3.05, 3.63) is 59.7 Å². The maximum absolute atomic E-state index is 5.51. The van der Waals surface area contributed by atoms with Crippen molar-refractivity contribution in [2.75, 3.05) is 25.0 Å². The van der Waals surface area contributed by atoms with Gasteiger partial charge in [-0.1, -0.05) is 24.3 Å². The average molecular weight is 324 g/mol. The second kappa shape index (κ2) is 8.20. The highest BCUT2D eigenvalue weighted by Crippen LogP contribution is 2.20. The van der Waals surface area contributed by atoms with Crippen molar-refractivity contribution >= 4 is 5.69 Å². The van der Waals surface area contributed by atoms with Crippen molar-refractivity contribution in [3.63, 3.8) is 0 Å². The van der Waals surface area contributed by atoms with E-state index < -0.39 is 0 Å². The number of rotatable bonds is 6. The molecular formula is C21H28N2O. The van der Waals surface area contributed by atoms with E-state index in [0.717, 1.165) is 32.0 Å². The standard InChI is InChI=1S/C21H28N2O/c1-3-24-21-9-7-18(8-10-21)16-23-13-11-19(12-14-23)22-20-6-4-5-17(2)15-20/h4-10,15,19,22H,3,11-14,16H2,1-2H3. The van der Waals surface area contributed by atoms with Crippen molar-refractivity contribution in [2.45, 2.75) is 39.3 Å². The molecule has 0 spiro atoms. The molecule has 0 saturated carbocycles. The maximum atomic E-state index is 5.51. The van der Waals surface area contributed by atoms with Crippen molar-refractivity contribution in [3.8, 4) is 5.75 Å². The third kappa shape index (κ3) is 4.75. The fraction of sp³-hybridized carbons (Fsp3) is 0.429. The van der Waals surface area contributed by atoms with Crippen LogP contribution in [-0.2, 0) is 6.54 Å². The number of piperidine rings is 1. The monoisotopic (exact) mass is 324 g/mol. The summed E-state index contributed by atoms with van der Waals surface area (Å²) in [4.78, 5) is 2.55. The normalized spacial score (nSPS) is 16.1. The van der Waals surface area contributed by atoms with E-state index in [9.17, 15) is 0 Å². The lowest BCUT2D eigenvalue weighted by molar-refractivity contribution is 0.211. The number of hydrogen-bond donors (Lipinski definition) is 1. The molecule has 0 bridgehead atoms. The summed E-state index contributed by atoms with van der Waals surface area (Å²) in [5.41, 5.74) is 3.93. The Morgan fingerprint density at radius 1 is 1.08 bits per heavy atom. The van der Waals surface area contributed by atoms with E-state index in [1.54, 1.807) is 0 Å². The molecule has 2 aromatic carbocycles. The second-order valence-corrected chi connectivity index (χ2v) is 6.64. The van der Waals surface area contributed by atoms with Gasteiger partial charge in [0.05, 0.1) is 6.61 Å². The SMILES string of the molecule is CCOc1ccc(CN2CCC(Nc3cccc(C)c3)CC2)cc1. The number of ether oxygens (including phenoxy) is 1. The molecule has 3 heteroatoms. The van der Waals surface area contributed by atoms with Crippen LogP contribution >= 0.6 is 0 Å². The summed E-state index contributed by atoms with van der Waals surface area (Å²) >= 11 is 0. The van der Waals surface area contributed by atoms with Crippen molar-refractivity contribution in [1.82, 2.24) is 4.90 Å². The van der Waals surface area contributed by atoms with Crippen LogP contribution in [0.2, 0.25) is 0 Å². The zero-order valence-electron chi connectivity index (χ0n) is 14.8. The zero-order chi connectivity index (χ0) is 16.8. The number of nitrogens with one attached hydrogen (secondary N) is 1. The van der Waals surface area contributed by atoms with Gasteiger partial charge in [-0.2, -0.15) is 0 Å². The number of benzene rings is 2. The average Bonchev–Trinajstić information content (AvgIpc) is 2.59. The number of hydrogen-bond acceptors (Lipinski definition) is 3. The molecule has 0 amide bonds.